The van der Waals surface area contributed by atoms with Gasteiger partial charge in [0.25, 0.3) is 5.91 Å². The number of hydrogen-bond donors (Lipinski definition) is 2. The molecule has 1 aliphatic rings. The predicted octanol–water partition coefficient (Wildman–Crippen LogP) is 1.09. The highest BCUT2D eigenvalue weighted by atomic mass is 16.5. The second-order valence-electron chi connectivity index (χ2n) is 4.93. The van der Waals surface area contributed by atoms with Crippen LogP contribution in [0.15, 0.2) is 24.4 Å². The second kappa shape index (κ2) is 5.83. The third-order valence-corrected chi connectivity index (χ3v) is 3.09. The summed E-state index contributed by atoms with van der Waals surface area (Å²) in [5.74, 6) is -1.40. The Bertz CT molecular complexity index is 548. The van der Waals surface area contributed by atoms with E-state index in [-0.39, 0.29) is 11.6 Å². The highest BCUT2D eigenvalue weighted by molar-refractivity contribution is 5.97. The molecule has 2 N–H and O–H groups in total. The number of nitrogens with one attached hydrogen (secondary N) is 1. The molecule has 6 nitrogen and oxygen atoms in total. The van der Waals surface area contributed by atoms with E-state index in [4.69, 9.17) is 9.84 Å². The SMILES string of the molecule is CC1(NC(=O)c2ncccc2/C=C/C(=O)O)CCOC1. The van der Waals surface area contributed by atoms with Gasteiger partial charge in [-0.05, 0) is 25.5 Å². The van der Waals surface area contributed by atoms with Crippen LogP contribution in [-0.2, 0) is 9.53 Å². The van der Waals surface area contributed by atoms with E-state index in [0.29, 0.717) is 18.8 Å². The smallest absolute Gasteiger partial charge is 0.328 e. The molecule has 0 aliphatic carbocycles. The zero-order valence-corrected chi connectivity index (χ0v) is 11.1. The first-order chi connectivity index (χ1) is 9.50. The molecule has 1 amide bonds. The molecule has 0 radical (unpaired) electrons. The van der Waals surface area contributed by atoms with Crippen molar-refractivity contribution in [1.82, 2.24) is 10.3 Å². The Kier molecular flexibility index (Phi) is 4.14. The number of rotatable bonds is 4. The van der Waals surface area contributed by atoms with Gasteiger partial charge >= 0.3 is 5.97 Å². The number of hydrogen-bond acceptors (Lipinski definition) is 4. The van der Waals surface area contributed by atoms with Crippen LogP contribution in [0.5, 0.6) is 0 Å². The van der Waals surface area contributed by atoms with Crippen LogP contribution < -0.4 is 5.32 Å². The van der Waals surface area contributed by atoms with Crippen molar-refractivity contribution in [3.05, 3.63) is 35.7 Å². The highest BCUT2D eigenvalue weighted by Crippen LogP contribution is 2.18. The van der Waals surface area contributed by atoms with E-state index in [1.54, 1.807) is 12.1 Å². The Hall–Kier alpha value is -2.21. The number of amides is 1. The lowest BCUT2D eigenvalue weighted by Gasteiger charge is -2.23. The summed E-state index contributed by atoms with van der Waals surface area (Å²) >= 11 is 0. The minimum atomic E-state index is -1.07. The summed E-state index contributed by atoms with van der Waals surface area (Å²) in [6.07, 6.45) is 4.58. The van der Waals surface area contributed by atoms with Gasteiger partial charge in [-0.2, -0.15) is 0 Å². The molecule has 0 spiro atoms. The first-order valence-electron chi connectivity index (χ1n) is 6.26. The fourth-order valence-electron chi connectivity index (χ4n) is 2.00. The van der Waals surface area contributed by atoms with Gasteiger partial charge in [-0.1, -0.05) is 6.07 Å². The van der Waals surface area contributed by atoms with Gasteiger partial charge in [0.1, 0.15) is 5.69 Å². The van der Waals surface area contributed by atoms with Crippen LogP contribution in [0.2, 0.25) is 0 Å². The van der Waals surface area contributed by atoms with Gasteiger partial charge in [0.15, 0.2) is 0 Å². The molecule has 1 aromatic rings. The zero-order valence-electron chi connectivity index (χ0n) is 11.1. The Morgan fingerprint density at radius 3 is 3.00 bits per heavy atom. The summed E-state index contributed by atoms with van der Waals surface area (Å²) in [4.78, 5) is 26.9. The minimum absolute atomic E-state index is 0.207. The fourth-order valence-corrected chi connectivity index (χ4v) is 2.00. The van der Waals surface area contributed by atoms with Gasteiger partial charge in [-0.25, -0.2) is 4.79 Å². The summed E-state index contributed by atoms with van der Waals surface area (Å²) in [5, 5.41) is 11.5. The molecular formula is C14H16N2O4. The van der Waals surface area contributed by atoms with Gasteiger partial charge < -0.3 is 15.2 Å². The fraction of sp³-hybridized carbons (Fsp3) is 0.357. The number of carbonyl (C=O) groups is 2. The maximum absolute atomic E-state index is 12.3. The minimum Gasteiger partial charge on any atom is -0.478 e. The molecule has 1 saturated heterocycles. The molecule has 0 saturated carbocycles. The molecular weight excluding hydrogens is 260 g/mol. The summed E-state index contributed by atoms with van der Waals surface area (Å²) in [6.45, 7) is 2.99. The van der Waals surface area contributed by atoms with E-state index in [9.17, 15) is 9.59 Å². The van der Waals surface area contributed by atoms with E-state index in [1.807, 2.05) is 6.92 Å². The number of carbonyl (C=O) groups excluding carboxylic acids is 1. The lowest BCUT2D eigenvalue weighted by molar-refractivity contribution is -0.131. The molecule has 0 bridgehead atoms. The number of ether oxygens (including phenoxy) is 1. The number of aliphatic carboxylic acids is 1. The van der Waals surface area contributed by atoms with Crippen molar-refractivity contribution >= 4 is 18.0 Å². The highest BCUT2D eigenvalue weighted by Gasteiger charge is 2.32. The Morgan fingerprint density at radius 2 is 2.35 bits per heavy atom. The van der Waals surface area contributed by atoms with E-state index in [0.717, 1.165) is 12.5 Å². The summed E-state index contributed by atoms with van der Waals surface area (Å²) < 4.78 is 5.28. The van der Waals surface area contributed by atoms with Crippen molar-refractivity contribution in [2.24, 2.45) is 0 Å². The average molecular weight is 276 g/mol. The lowest BCUT2D eigenvalue weighted by atomic mass is 10.0. The van der Waals surface area contributed by atoms with Crippen LogP contribution in [0.4, 0.5) is 0 Å². The first kappa shape index (κ1) is 14.2. The Labute approximate surface area is 116 Å². The normalized spacial score (nSPS) is 22.1. The molecule has 1 fully saturated rings. The van der Waals surface area contributed by atoms with E-state index >= 15 is 0 Å². The molecule has 1 unspecified atom stereocenters. The maximum Gasteiger partial charge on any atom is 0.328 e. The predicted molar refractivity (Wildman–Crippen MR) is 72.2 cm³/mol. The summed E-state index contributed by atoms with van der Waals surface area (Å²) in [5.41, 5.74) is 0.274. The van der Waals surface area contributed by atoms with Crippen molar-refractivity contribution < 1.29 is 19.4 Å². The number of aromatic nitrogens is 1. The molecule has 6 heteroatoms. The van der Waals surface area contributed by atoms with Crippen LogP contribution in [0.3, 0.4) is 0 Å². The number of pyridine rings is 1. The van der Waals surface area contributed by atoms with E-state index in [2.05, 4.69) is 10.3 Å². The van der Waals surface area contributed by atoms with Crippen molar-refractivity contribution in [2.45, 2.75) is 18.9 Å². The van der Waals surface area contributed by atoms with Gasteiger partial charge in [-0.3, -0.25) is 9.78 Å². The molecule has 2 rings (SSSR count). The molecule has 20 heavy (non-hydrogen) atoms. The zero-order chi connectivity index (χ0) is 14.6. The van der Waals surface area contributed by atoms with Crippen LogP contribution in [0, 0.1) is 0 Å². The van der Waals surface area contributed by atoms with Crippen molar-refractivity contribution in [3.8, 4) is 0 Å². The Balaban J connectivity index is 2.19. The largest absolute Gasteiger partial charge is 0.478 e. The molecule has 2 heterocycles. The second-order valence-corrected chi connectivity index (χ2v) is 4.93. The number of nitrogens with zero attached hydrogens (tertiary/aromatic N) is 1. The van der Waals surface area contributed by atoms with Crippen LogP contribution >= 0.6 is 0 Å². The maximum atomic E-state index is 12.3. The standard InChI is InChI=1S/C14H16N2O4/c1-14(6-8-20-9-14)16-13(19)12-10(3-2-7-15-12)4-5-11(17)18/h2-5,7H,6,8-9H2,1H3,(H,16,19)(H,17,18)/b5-4+. The van der Waals surface area contributed by atoms with Crippen LogP contribution in [0.1, 0.15) is 29.4 Å². The van der Waals surface area contributed by atoms with Crippen molar-refractivity contribution in [1.29, 1.82) is 0 Å². The number of carboxylic acids is 1. The van der Waals surface area contributed by atoms with Gasteiger partial charge in [0.05, 0.1) is 12.1 Å². The molecule has 1 aromatic heterocycles. The van der Waals surface area contributed by atoms with Gasteiger partial charge in [0, 0.05) is 24.4 Å². The van der Waals surface area contributed by atoms with Gasteiger partial charge in [0.2, 0.25) is 0 Å². The van der Waals surface area contributed by atoms with Crippen molar-refractivity contribution in [2.75, 3.05) is 13.2 Å². The monoisotopic (exact) mass is 276 g/mol. The van der Waals surface area contributed by atoms with Crippen LogP contribution in [-0.4, -0.2) is 40.7 Å². The van der Waals surface area contributed by atoms with E-state index in [1.165, 1.54) is 12.3 Å². The van der Waals surface area contributed by atoms with E-state index < -0.39 is 11.5 Å². The van der Waals surface area contributed by atoms with Crippen LogP contribution in [0.25, 0.3) is 6.08 Å². The summed E-state index contributed by atoms with van der Waals surface area (Å²) in [7, 11) is 0. The lowest BCUT2D eigenvalue weighted by Crippen LogP contribution is -2.46. The topological polar surface area (TPSA) is 88.5 Å². The molecule has 0 aromatic carbocycles. The van der Waals surface area contributed by atoms with Gasteiger partial charge in [-0.15, -0.1) is 0 Å². The molecule has 1 atom stereocenters. The Morgan fingerprint density at radius 1 is 1.55 bits per heavy atom. The summed E-state index contributed by atoms with van der Waals surface area (Å²) in [6, 6.07) is 3.30. The molecule has 106 valence electrons. The molecule has 1 aliphatic heterocycles. The quantitative estimate of drug-likeness (QED) is 0.804. The number of carboxylic acid groups (broad SMARTS) is 1. The third kappa shape index (κ3) is 3.42. The first-order valence-corrected chi connectivity index (χ1v) is 6.26. The van der Waals surface area contributed by atoms with Crippen molar-refractivity contribution in [3.63, 3.8) is 0 Å². The third-order valence-electron chi connectivity index (χ3n) is 3.09. The average Bonchev–Trinajstić information content (AvgIpc) is 2.83.